The third kappa shape index (κ3) is 4.03. The van der Waals surface area contributed by atoms with Gasteiger partial charge in [0.25, 0.3) is 0 Å². The number of hydrogen-bond donors (Lipinski definition) is 2. The van der Waals surface area contributed by atoms with Crippen LogP contribution in [-0.4, -0.2) is 5.11 Å². The minimum Gasteiger partial charge on any atom is -0.467 e. The number of thiocarbonyl (C=S) groups is 1. The molecule has 0 saturated heterocycles. The Balaban J connectivity index is 1.79. The van der Waals surface area contributed by atoms with Crippen LogP contribution in [0.15, 0.2) is 71.3 Å². The van der Waals surface area contributed by atoms with Gasteiger partial charge in [-0.05, 0) is 67.0 Å². The first-order chi connectivity index (χ1) is 11.6. The predicted octanol–water partition coefficient (Wildman–Crippen LogP) is 4.97. The fourth-order valence-corrected chi connectivity index (χ4v) is 3.00. The van der Waals surface area contributed by atoms with Gasteiger partial charge in [0.1, 0.15) is 11.8 Å². The molecule has 3 nitrogen and oxygen atoms in total. The van der Waals surface area contributed by atoms with E-state index in [0.717, 1.165) is 17.0 Å². The van der Waals surface area contributed by atoms with E-state index in [1.54, 1.807) is 6.26 Å². The molecule has 3 aromatic rings. The number of anilines is 1. The Labute approximate surface area is 147 Å². The van der Waals surface area contributed by atoms with Crippen molar-refractivity contribution in [2.24, 2.45) is 0 Å². The Morgan fingerprint density at radius 1 is 0.958 bits per heavy atom. The van der Waals surface area contributed by atoms with Crippen LogP contribution in [-0.2, 0) is 0 Å². The minimum absolute atomic E-state index is 0.132. The smallest absolute Gasteiger partial charge is 0.171 e. The Bertz CT molecular complexity index is 793. The maximum atomic E-state index is 5.59. The summed E-state index contributed by atoms with van der Waals surface area (Å²) in [6.07, 6.45) is 1.67. The zero-order valence-corrected chi connectivity index (χ0v) is 14.6. The quantitative estimate of drug-likeness (QED) is 0.660. The number of furan rings is 1. The molecule has 1 aromatic heterocycles. The molecule has 0 aliphatic rings. The molecule has 0 radical (unpaired) electrons. The lowest BCUT2D eigenvalue weighted by Gasteiger charge is -2.20. The minimum atomic E-state index is -0.132. The molecule has 4 heteroatoms. The summed E-state index contributed by atoms with van der Waals surface area (Å²) < 4.78 is 5.59. The molecule has 0 fully saturated rings. The molecule has 24 heavy (non-hydrogen) atoms. The van der Waals surface area contributed by atoms with Crippen molar-refractivity contribution in [3.05, 3.63) is 89.4 Å². The van der Waals surface area contributed by atoms with E-state index in [1.807, 2.05) is 30.3 Å². The highest BCUT2D eigenvalue weighted by molar-refractivity contribution is 7.80. The van der Waals surface area contributed by atoms with E-state index in [0.29, 0.717) is 5.11 Å². The van der Waals surface area contributed by atoms with Crippen LogP contribution in [0.5, 0.6) is 0 Å². The second-order valence-corrected chi connectivity index (χ2v) is 6.24. The molecular weight excluding hydrogens is 316 g/mol. The van der Waals surface area contributed by atoms with Gasteiger partial charge in [0.05, 0.1) is 6.26 Å². The summed E-state index contributed by atoms with van der Waals surface area (Å²) in [5.41, 5.74) is 4.48. The second kappa shape index (κ2) is 7.32. The fourth-order valence-electron chi connectivity index (χ4n) is 2.76. The van der Waals surface area contributed by atoms with Crippen LogP contribution in [0.3, 0.4) is 0 Å². The number of nitrogens with one attached hydrogen (secondary N) is 2. The maximum Gasteiger partial charge on any atom is 0.171 e. The highest BCUT2D eigenvalue weighted by Crippen LogP contribution is 2.23. The molecule has 1 heterocycles. The summed E-state index contributed by atoms with van der Waals surface area (Å²) in [7, 11) is 0. The topological polar surface area (TPSA) is 37.2 Å². The van der Waals surface area contributed by atoms with Crippen LogP contribution in [0.1, 0.15) is 28.5 Å². The third-order valence-electron chi connectivity index (χ3n) is 3.72. The van der Waals surface area contributed by atoms with E-state index in [4.69, 9.17) is 16.6 Å². The van der Waals surface area contributed by atoms with Crippen molar-refractivity contribution in [1.29, 1.82) is 0 Å². The van der Waals surface area contributed by atoms with Crippen LogP contribution in [0.25, 0.3) is 0 Å². The van der Waals surface area contributed by atoms with Crippen LogP contribution >= 0.6 is 12.2 Å². The molecule has 2 N–H and O–H groups in total. The van der Waals surface area contributed by atoms with Crippen molar-refractivity contribution in [1.82, 2.24) is 5.32 Å². The Kier molecular flexibility index (Phi) is 4.96. The lowest BCUT2D eigenvalue weighted by Crippen LogP contribution is -2.32. The number of benzene rings is 2. The van der Waals surface area contributed by atoms with E-state index in [9.17, 15) is 0 Å². The van der Waals surface area contributed by atoms with Gasteiger partial charge in [0, 0.05) is 5.69 Å². The van der Waals surface area contributed by atoms with Crippen LogP contribution in [0.4, 0.5) is 5.69 Å². The standard InChI is InChI=1S/C20H20N2OS/c1-14-11-15(2)13-17(12-14)21-20(24)22-19(18-9-6-10-23-18)16-7-4-3-5-8-16/h3-13,19H,1-2H3,(H2,21,22,24)/t19-/m0/s1. The third-order valence-corrected chi connectivity index (χ3v) is 3.94. The molecule has 1 atom stereocenters. The lowest BCUT2D eigenvalue weighted by atomic mass is 10.1. The van der Waals surface area contributed by atoms with Gasteiger partial charge >= 0.3 is 0 Å². The summed E-state index contributed by atoms with van der Waals surface area (Å²) >= 11 is 5.51. The predicted molar refractivity (Wildman–Crippen MR) is 102 cm³/mol. The largest absolute Gasteiger partial charge is 0.467 e. The summed E-state index contributed by atoms with van der Waals surface area (Å²) in [5.74, 6) is 0.825. The van der Waals surface area contributed by atoms with E-state index in [-0.39, 0.29) is 6.04 Å². The zero-order valence-electron chi connectivity index (χ0n) is 13.7. The molecule has 2 aromatic carbocycles. The van der Waals surface area contributed by atoms with Crippen molar-refractivity contribution in [3.8, 4) is 0 Å². The van der Waals surface area contributed by atoms with Gasteiger partial charge in [-0.2, -0.15) is 0 Å². The maximum absolute atomic E-state index is 5.59. The lowest BCUT2D eigenvalue weighted by molar-refractivity contribution is 0.476. The SMILES string of the molecule is Cc1cc(C)cc(NC(=S)N[C@@H](c2ccccc2)c2ccco2)c1. The van der Waals surface area contributed by atoms with Gasteiger partial charge in [0.15, 0.2) is 5.11 Å². The Morgan fingerprint density at radius 2 is 1.67 bits per heavy atom. The van der Waals surface area contributed by atoms with E-state index in [1.165, 1.54) is 11.1 Å². The number of hydrogen-bond acceptors (Lipinski definition) is 2. The summed E-state index contributed by atoms with van der Waals surface area (Å²) in [4.78, 5) is 0. The molecule has 0 unspecified atom stereocenters. The highest BCUT2D eigenvalue weighted by Gasteiger charge is 2.17. The van der Waals surface area contributed by atoms with E-state index < -0.39 is 0 Å². The van der Waals surface area contributed by atoms with Crippen molar-refractivity contribution in [2.75, 3.05) is 5.32 Å². The molecule has 122 valence electrons. The first-order valence-corrected chi connectivity index (χ1v) is 8.27. The van der Waals surface area contributed by atoms with Gasteiger partial charge in [-0.15, -0.1) is 0 Å². The van der Waals surface area contributed by atoms with Crippen molar-refractivity contribution in [2.45, 2.75) is 19.9 Å². The number of aryl methyl sites for hydroxylation is 2. The van der Waals surface area contributed by atoms with E-state index >= 15 is 0 Å². The highest BCUT2D eigenvalue weighted by atomic mass is 32.1. The van der Waals surface area contributed by atoms with Gasteiger partial charge in [-0.1, -0.05) is 36.4 Å². The van der Waals surface area contributed by atoms with Crippen molar-refractivity contribution in [3.63, 3.8) is 0 Å². The van der Waals surface area contributed by atoms with E-state index in [2.05, 4.69) is 54.8 Å². The average Bonchev–Trinajstić information content (AvgIpc) is 3.06. The Morgan fingerprint density at radius 3 is 2.29 bits per heavy atom. The number of rotatable bonds is 4. The van der Waals surface area contributed by atoms with Crippen molar-refractivity contribution >= 4 is 23.0 Å². The van der Waals surface area contributed by atoms with Gasteiger partial charge in [-0.3, -0.25) is 0 Å². The first kappa shape index (κ1) is 16.3. The van der Waals surface area contributed by atoms with Crippen LogP contribution in [0, 0.1) is 13.8 Å². The molecule has 0 aliphatic heterocycles. The monoisotopic (exact) mass is 336 g/mol. The zero-order chi connectivity index (χ0) is 16.9. The van der Waals surface area contributed by atoms with Crippen molar-refractivity contribution < 1.29 is 4.42 Å². The molecule has 0 bridgehead atoms. The van der Waals surface area contributed by atoms with Gasteiger partial charge < -0.3 is 15.1 Å². The van der Waals surface area contributed by atoms with Crippen LogP contribution < -0.4 is 10.6 Å². The molecule has 0 saturated carbocycles. The summed E-state index contributed by atoms with van der Waals surface area (Å²) in [6, 6.07) is 20.1. The Hall–Kier alpha value is -2.59. The van der Waals surface area contributed by atoms with Gasteiger partial charge in [-0.25, -0.2) is 0 Å². The molecule has 0 aliphatic carbocycles. The molecule has 0 spiro atoms. The first-order valence-electron chi connectivity index (χ1n) is 7.86. The second-order valence-electron chi connectivity index (χ2n) is 5.83. The fraction of sp³-hybridized carbons (Fsp3) is 0.150. The van der Waals surface area contributed by atoms with Gasteiger partial charge in [0.2, 0.25) is 0 Å². The molecule has 3 rings (SSSR count). The average molecular weight is 336 g/mol. The molecular formula is C20H20N2OS. The normalized spacial score (nSPS) is 11.8. The summed E-state index contributed by atoms with van der Waals surface area (Å²) in [5, 5.41) is 7.17. The summed E-state index contributed by atoms with van der Waals surface area (Å²) in [6.45, 7) is 4.15. The molecule has 0 amide bonds. The van der Waals surface area contributed by atoms with Crippen LogP contribution in [0.2, 0.25) is 0 Å².